The number of benzene rings is 2. The average molecular weight is 374 g/mol. The van der Waals surface area contributed by atoms with E-state index in [0.29, 0.717) is 27.8 Å². The molecule has 2 aromatic carbocycles. The molecule has 0 radical (unpaired) electrons. The van der Waals surface area contributed by atoms with Crippen molar-refractivity contribution in [3.8, 4) is 22.1 Å². The summed E-state index contributed by atoms with van der Waals surface area (Å²) in [5, 5.41) is 3.09. The van der Waals surface area contributed by atoms with Crippen LogP contribution in [0, 0.1) is 0 Å². The van der Waals surface area contributed by atoms with Gasteiger partial charge in [0.15, 0.2) is 11.5 Å². The predicted octanol–water partition coefficient (Wildman–Crippen LogP) is 4.55. The Labute approximate surface area is 152 Å². The van der Waals surface area contributed by atoms with Crippen LogP contribution in [0.4, 0.5) is 0 Å². The van der Waals surface area contributed by atoms with Crippen molar-refractivity contribution in [3.05, 3.63) is 64.1 Å². The minimum Gasteiger partial charge on any atom is -0.456 e. The van der Waals surface area contributed by atoms with Gasteiger partial charge < -0.3 is 14.2 Å². The van der Waals surface area contributed by atoms with Crippen LogP contribution in [0.25, 0.3) is 10.6 Å². The number of thiazole rings is 1. The molecule has 0 aliphatic carbocycles. The van der Waals surface area contributed by atoms with Gasteiger partial charge in [-0.25, -0.2) is 9.78 Å². The first-order valence-corrected chi connectivity index (χ1v) is 8.72. The normalized spacial score (nSPS) is 12.2. The fourth-order valence-corrected chi connectivity index (χ4v) is 3.47. The molecule has 7 heteroatoms. The number of rotatable bonds is 4. The van der Waals surface area contributed by atoms with Gasteiger partial charge in [-0.3, -0.25) is 0 Å². The molecule has 0 spiro atoms. The van der Waals surface area contributed by atoms with E-state index in [1.807, 2.05) is 35.7 Å². The standard InChI is InChI=1S/C18H12ClNO4S/c19-14-6-12(7-15-16(14)24-10-23-15)18(21)22-8-13-9-25-17(20-13)11-4-2-1-3-5-11/h1-7,9H,8,10H2. The van der Waals surface area contributed by atoms with Crippen molar-refractivity contribution in [2.75, 3.05) is 6.79 Å². The molecule has 0 atom stereocenters. The zero-order chi connectivity index (χ0) is 17.2. The number of fused-ring (bicyclic) bond motifs is 1. The Balaban J connectivity index is 1.44. The fraction of sp³-hybridized carbons (Fsp3) is 0.111. The van der Waals surface area contributed by atoms with E-state index in [1.54, 1.807) is 6.07 Å². The Hall–Kier alpha value is -2.57. The van der Waals surface area contributed by atoms with Crippen LogP contribution in [0.1, 0.15) is 16.1 Å². The Bertz CT molecular complexity index is 926. The molecule has 2 heterocycles. The lowest BCUT2D eigenvalue weighted by Gasteiger charge is -2.05. The molecule has 0 saturated carbocycles. The van der Waals surface area contributed by atoms with Crippen LogP contribution in [-0.2, 0) is 11.3 Å². The smallest absolute Gasteiger partial charge is 0.338 e. The summed E-state index contributed by atoms with van der Waals surface area (Å²) in [7, 11) is 0. The Morgan fingerprint density at radius 3 is 2.92 bits per heavy atom. The minimum atomic E-state index is -0.491. The van der Waals surface area contributed by atoms with Crippen molar-refractivity contribution in [3.63, 3.8) is 0 Å². The minimum absolute atomic E-state index is 0.0915. The first-order valence-electron chi connectivity index (χ1n) is 7.47. The number of nitrogens with zero attached hydrogens (tertiary/aromatic N) is 1. The summed E-state index contributed by atoms with van der Waals surface area (Å²) < 4.78 is 15.8. The maximum atomic E-state index is 12.2. The molecule has 1 aliphatic rings. The zero-order valence-electron chi connectivity index (χ0n) is 12.9. The van der Waals surface area contributed by atoms with E-state index in [4.69, 9.17) is 25.8 Å². The van der Waals surface area contributed by atoms with E-state index in [-0.39, 0.29) is 13.4 Å². The molecule has 0 N–H and O–H groups in total. The fourth-order valence-electron chi connectivity index (χ4n) is 2.39. The number of aromatic nitrogens is 1. The second-order valence-corrected chi connectivity index (χ2v) is 6.54. The highest BCUT2D eigenvalue weighted by Crippen LogP contribution is 2.40. The first kappa shape index (κ1) is 15.9. The highest BCUT2D eigenvalue weighted by molar-refractivity contribution is 7.13. The molecular formula is C18H12ClNO4S. The van der Waals surface area contributed by atoms with E-state index in [9.17, 15) is 4.79 Å². The topological polar surface area (TPSA) is 57.7 Å². The van der Waals surface area contributed by atoms with Gasteiger partial charge in [-0.05, 0) is 12.1 Å². The number of halogens is 1. The van der Waals surface area contributed by atoms with Crippen LogP contribution in [0.15, 0.2) is 47.8 Å². The number of esters is 1. The molecule has 3 aromatic rings. The molecule has 1 aliphatic heterocycles. The van der Waals surface area contributed by atoms with E-state index in [2.05, 4.69) is 4.98 Å². The molecule has 126 valence electrons. The maximum absolute atomic E-state index is 12.2. The third-order valence-corrected chi connectivity index (χ3v) is 4.81. The molecule has 0 unspecified atom stereocenters. The lowest BCUT2D eigenvalue weighted by atomic mass is 10.2. The summed E-state index contributed by atoms with van der Waals surface area (Å²) in [5.41, 5.74) is 2.05. The monoisotopic (exact) mass is 373 g/mol. The van der Waals surface area contributed by atoms with Crippen molar-refractivity contribution in [2.45, 2.75) is 6.61 Å². The first-order chi connectivity index (χ1) is 12.2. The van der Waals surface area contributed by atoms with Crippen LogP contribution in [0.3, 0.4) is 0 Å². The molecule has 25 heavy (non-hydrogen) atoms. The molecule has 5 nitrogen and oxygen atoms in total. The van der Waals surface area contributed by atoms with Gasteiger partial charge in [-0.1, -0.05) is 41.9 Å². The lowest BCUT2D eigenvalue weighted by Crippen LogP contribution is -2.05. The van der Waals surface area contributed by atoms with Gasteiger partial charge in [-0.15, -0.1) is 11.3 Å². The molecule has 1 aromatic heterocycles. The number of hydrogen-bond donors (Lipinski definition) is 0. The van der Waals surface area contributed by atoms with Crippen molar-refractivity contribution >= 4 is 28.9 Å². The second-order valence-electron chi connectivity index (χ2n) is 5.28. The van der Waals surface area contributed by atoms with E-state index in [1.165, 1.54) is 17.4 Å². The zero-order valence-corrected chi connectivity index (χ0v) is 14.5. The Morgan fingerprint density at radius 2 is 2.08 bits per heavy atom. The van der Waals surface area contributed by atoms with E-state index in [0.717, 1.165) is 10.6 Å². The summed E-state index contributed by atoms with van der Waals surface area (Å²) in [6.07, 6.45) is 0. The largest absolute Gasteiger partial charge is 0.456 e. The highest BCUT2D eigenvalue weighted by Gasteiger charge is 2.21. The predicted molar refractivity (Wildman–Crippen MR) is 94.2 cm³/mol. The van der Waals surface area contributed by atoms with Gasteiger partial charge >= 0.3 is 5.97 Å². The average Bonchev–Trinajstić information content (AvgIpc) is 3.30. The summed E-state index contributed by atoms with van der Waals surface area (Å²) in [6.45, 7) is 0.183. The molecule has 0 bridgehead atoms. The Morgan fingerprint density at radius 1 is 1.24 bits per heavy atom. The summed E-state index contributed by atoms with van der Waals surface area (Å²) >= 11 is 7.59. The molecule has 0 saturated heterocycles. The molecule has 0 fully saturated rings. The number of carbonyl (C=O) groups excluding carboxylic acids is 1. The van der Waals surface area contributed by atoms with Crippen molar-refractivity contribution in [2.24, 2.45) is 0 Å². The van der Waals surface area contributed by atoms with Gasteiger partial charge in [0.1, 0.15) is 11.6 Å². The highest BCUT2D eigenvalue weighted by atomic mass is 35.5. The molecule has 0 amide bonds. The van der Waals surface area contributed by atoms with Crippen molar-refractivity contribution in [1.29, 1.82) is 0 Å². The summed E-state index contributed by atoms with van der Waals surface area (Å²) in [6, 6.07) is 12.9. The summed E-state index contributed by atoms with van der Waals surface area (Å²) in [4.78, 5) is 16.7. The number of hydrogen-bond acceptors (Lipinski definition) is 6. The van der Waals surface area contributed by atoms with Crippen molar-refractivity contribution < 1.29 is 19.0 Å². The van der Waals surface area contributed by atoms with E-state index >= 15 is 0 Å². The molecular weight excluding hydrogens is 362 g/mol. The number of ether oxygens (including phenoxy) is 3. The van der Waals surface area contributed by atoms with Gasteiger partial charge in [0.05, 0.1) is 16.3 Å². The van der Waals surface area contributed by atoms with E-state index < -0.39 is 5.97 Å². The van der Waals surface area contributed by atoms with Crippen LogP contribution in [-0.4, -0.2) is 17.7 Å². The van der Waals surface area contributed by atoms with Crippen molar-refractivity contribution in [1.82, 2.24) is 4.98 Å². The third kappa shape index (κ3) is 3.31. The SMILES string of the molecule is O=C(OCc1csc(-c2ccccc2)n1)c1cc(Cl)c2c(c1)OCO2. The Kier molecular flexibility index (Phi) is 4.29. The summed E-state index contributed by atoms with van der Waals surface area (Å²) in [5.74, 6) is 0.402. The van der Waals surface area contributed by atoms with Crippen LogP contribution < -0.4 is 9.47 Å². The number of carbonyl (C=O) groups is 1. The third-order valence-electron chi connectivity index (χ3n) is 3.59. The van der Waals surface area contributed by atoms with Gasteiger partial charge in [0.25, 0.3) is 0 Å². The van der Waals surface area contributed by atoms with Crippen LogP contribution >= 0.6 is 22.9 Å². The lowest BCUT2D eigenvalue weighted by molar-refractivity contribution is 0.0468. The van der Waals surface area contributed by atoms with Gasteiger partial charge in [-0.2, -0.15) is 0 Å². The van der Waals surface area contributed by atoms with Gasteiger partial charge in [0, 0.05) is 10.9 Å². The van der Waals surface area contributed by atoms with Crippen LogP contribution in [0.5, 0.6) is 11.5 Å². The molecule has 4 rings (SSSR count). The maximum Gasteiger partial charge on any atom is 0.338 e. The van der Waals surface area contributed by atoms with Crippen LogP contribution in [0.2, 0.25) is 5.02 Å². The van der Waals surface area contributed by atoms with Gasteiger partial charge in [0.2, 0.25) is 6.79 Å². The quantitative estimate of drug-likeness (QED) is 0.628. The second kappa shape index (κ2) is 6.74.